The highest BCUT2D eigenvalue weighted by atomic mass is 16.5. The van der Waals surface area contributed by atoms with Gasteiger partial charge < -0.3 is 14.9 Å². The SMILES string of the molecule is O.c1ccc(-c2ccccc2Oc2ccc3cc4ccccc4cc3c2Oc2cccc3ccccc23)cc1. The fraction of sp³-hybridized carbons (Fsp3) is 0. The predicted molar refractivity (Wildman–Crippen MR) is 161 cm³/mol. The minimum Gasteiger partial charge on any atom is -0.453 e. The van der Waals surface area contributed by atoms with Crippen LogP contribution in [-0.4, -0.2) is 5.48 Å². The van der Waals surface area contributed by atoms with Gasteiger partial charge in [0.2, 0.25) is 0 Å². The molecule has 39 heavy (non-hydrogen) atoms. The third-order valence-corrected chi connectivity index (χ3v) is 6.95. The minimum atomic E-state index is 0. The van der Waals surface area contributed by atoms with Crippen LogP contribution in [0, 0.1) is 0 Å². The summed E-state index contributed by atoms with van der Waals surface area (Å²) in [5.41, 5.74) is 2.13. The zero-order valence-electron chi connectivity index (χ0n) is 21.2. The van der Waals surface area contributed by atoms with Crippen LogP contribution in [0.3, 0.4) is 0 Å². The minimum absolute atomic E-state index is 0. The fourth-order valence-corrected chi connectivity index (χ4v) is 5.08. The van der Waals surface area contributed by atoms with Gasteiger partial charge in [0.05, 0.1) is 0 Å². The Morgan fingerprint density at radius 1 is 0.359 bits per heavy atom. The molecule has 2 N–H and O–H groups in total. The van der Waals surface area contributed by atoms with Gasteiger partial charge in [0.15, 0.2) is 11.5 Å². The molecule has 0 fully saturated rings. The van der Waals surface area contributed by atoms with E-state index in [0.29, 0.717) is 11.5 Å². The van der Waals surface area contributed by atoms with Crippen LogP contribution >= 0.6 is 0 Å². The van der Waals surface area contributed by atoms with Gasteiger partial charge in [-0.2, -0.15) is 0 Å². The highest BCUT2D eigenvalue weighted by Crippen LogP contribution is 2.45. The largest absolute Gasteiger partial charge is 0.453 e. The van der Waals surface area contributed by atoms with Crippen molar-refractivity contribution >= 4 is 32.3 Å². The average molecular weight is 507 g/mol. The third kappa shape index (κ3) is 4.56. The molecular weight excluding hydrogens is 480 g/mol. The summed E-state index contributed by atoms with van der Waals surface area (Å²) in [5.74, 6) is 2.95. The lowest BCUT2D eigenvalue weighted by atomic mass is 10.0. The molecule has 0 saturated carbocycles. The van der Waals surface area contributed by atoms with Crippen molar-refractivity contribution in [3.05, 3.63) is 146 Å². The van der Waals surface area contributed by atoms with Gasteiger partial charge in [-0.15, -0.1) is 0 Å². The Kier molecular flexibility index (Phi) is 6.42. The van der Waals surface area contributed by atoms with E-state index < -0.39 is 0 Å². The first-order valence-electron chi connectivity index (χ1n) is 12.8. The Balaban J connectivity index is 0.00000277. The summed E-state index contributed by atoms with van der Waals surface area (Å²) < 4.78 is 13.5. The average Bonchev–Trinajstić information content (AvgIpc) is 2.98. The first-order chi connectivity index (χ1) is 18.8. The number of para-hydroxylation sites is 1. The van der Waals surface area contributed by atoms with Crippen LogP contribution in [0.5, 0.6) is 23.0 Å². The molecule has 7 aromatic carbocycles. The molecule has 0 unspecified atom stereocenters. The van der Waals surface area contributed by atoms with Crippen molar-refractivity contribution in [1.29, 1.82) is 0 Å². The van der Waals surface area contributed by atoms with Gasteiger partial charge in [0.1, 0.15) is 11.5 Å². The summed E-state index contributed by atoms with van der Waals surface area (Å²) in [5, 5.41) is 6.65. The molecule has 0 aliphatic heterocycles. The van der Waals surface area contributed by atoms with Crippen molar-refractivity contribution in [1.82, 2.24) is 0 Å². The van der Waals surface area contributed by atoms with Crippen molar-refractivity contribution in [2.75, 3.05) is 0 Å². The summed E-state index contributed by atoms with van der Waals surface area (Å²) in [7, 11) is 0. The number of benzene rings is 7. The van der Waals surface area contributed by atoms with Crippen LogP contribution in [0.25, 0.3) is 43.4 Å². The molecule has 0 aromatic heterocycles. The van der Waals surface area contributed by atoms with Crippen LogP contribution in [-0.2, 0) is 0 Å². The quantitative estimate of drug-likeness (QED) is 0.218. The number of rotatable bonds is 5. The fourth-order valence-electron chi connectivity index (χ4n) is 5.08. The molecule has 3 heteroatoms. The van der Waals surface area contributed by atoms with Gasteiger partial charge in [-0.3, -0.25) is 0 Å². The topological polar surface area (TPSA) is 50.0 Å². The molecule has 0 atom stereocenters. The second-order valence-electron chi connectivity index (χ2n) is 9.36. The van der Waals surface area contributed by atoms with E-state index in [0.717, 1.165) is 49.6 Å². The molecule has 0 aliphatic rings. The number of ether oxygens (including phenoxy) is 2. The van der Waals surface area contributed by atoms with E-state index in [2.05, 4.69) is 78.9 Å². The molecule has 0 amide bonds. The lowest BCUT2D eigenvalue weighted by Gasteiger charge is -2.18. The molecule has 0 radical (unpaired) electrons. The summed E-state index contributed by atoms with van der Waals surface area (Å²) in [6.07, 6.45) is 0. The second kappa shape index (κ2) is 10.3. The summed E-state index contributed by atoms with van der Waals surface area (Å²) in [6, 6.07) is 49.8. The maximum absolute atomic E-state index is 6.78. The summed E-state index contributed by atoms with van der Waals surface area (Å²) in [6.45, 7) is 0. The van der Waals surface area contributed by atoms with Gasteiger partial charge in [-0.1, -0.05) is 115 Å². The van der Waals surface area contributed by atoms with Crippen molar-refractivity contribution in [3.63, 3.8) is 0 Å². The highest BCUT2D eigenvalue weighted by Gasteiger charge is 2.17. The summed E-state index contributed by atoms with van der Waals surface area (Å²) in [4.78, 5) is 0. The smallest absolute Gasteiger partial charge is 0.177 e. The first kappa shape index (κ1) is 24.2. The number of hydrogen-bond acceptors (Lipinski definition) is 2. The second-order valence-corrected chi connectivity index (χ2v) is 9.36. The lowest BCUT2D eigenvalue weighted by Crippen LogP contribution is -1.94. The van der Waals surface area contributed by atoms with Gasteiger partial charge in [0, 0.05) is 16.3 Å². The Morgan fingerprint density at radius 3 is 1.85 bits per heavy atom. The molecule has 7 aromatic rings. The third-order valence-electron chi connectivity index (χ3n) is 6.95. The van der Waals surface area contributed by atoms with Gasteiger partial charge in [-0.25, -0.2) is 0 Å². The van der Waals surface area contributed by atoms with E-state index in [9.17, 15) is 0 Å². The number of fused-ring (bicyclic) bond motifs is 3. The van der Waals surface area contributed by atoms with Gasteiger partial charge in [0.25, 0.3) is 0 Å². The van der Waals surface area contributed by atoms with E-state index in [1.54, 1.807) is 0 Å². The van der Waals surface area contributed by atoms with Crippen molar-refractivity contribution in [2.24, 2.45) is 0 Å². The molecule has 0 saturated heterocycles. The van der Waals surface area contributed by atoms with E-state index in [1.165, 1.54) is 5.39 Å². The molecule has 3 nitrogen and oxygen atoms in total. The van der Waals surface area contributed by atoms with Crippen LogP contribution in [0.15, 0.2) is 146 Å². The van der Waals surface area contributed by atoms with Crippen molar-refractivity contribution in [3.8, 4) is 34.1 Å². The zero-order valence-corrected chi connectivity index (χ0v) is 21.2. The molecule has 188 valence electrons. The van der Waals surface area contributed by atoms with Gasteiger partial charge in [-0.05, 0) is 57.4 Å². The Morgan fingerprint density at radius 2 is 1.00 bits per heavy atom. The van der Waals surface area contributed by atoms with E-state index in [4.69, 9.17) is 9.47 Å². The standard InChI is InChI=1S/C36H24O2.H2O/c1-2-11-25(12-3-1)30-18-8-9-19-33(30)37-35-22-21-29-23-27-14-4-5-15-28(27)24-32(29)36(35)38-34-20-10-16-26-13-6-7-17-31(26)34;/h1-24H;1H2. The zero-order chi connectivity index (χ0) is 25.3. The highest BCUT2D eigenvalue weighted by molar-refractivity contribution is 6.02. The van der Waals surface area contributed by atoms with Crippen LogP contribution in [0.2, 0.25) is 0 Å². The van der Waals surface area contributed by atoms with Crippen LogP contribution in [0.4, 0.5) is 0 Å². The van der Waals surface area contributed by atoms with Crippen LogP contribution < -0.4 is 9.47 Å². The Bertz CT molecular complexity index is 1920. The Labute approximate surface area is 226 Å². The van der Waals surface area contributed by atoms with Crippen LogP contribution in [0.1, 0.15) is 0 Å². The molecule has 0 heterocycles. The van der Waals surface area contributed by atoms with Crippen molar-refractivity contribution < 1.29 is 14.9 Å². The molecule has 0 aliphatic carbocycles. The molecular formula is C36H26O3. The maximum Gasteiger partial charge on any atom is 0.177 e. The molecule has 0 spiro atoms. The normalized spacial score (nSPS) is 10.9. The predicted octanol–water partition coefficient (Wildman–Crippen LogP) is 9.57. The maximum atomic E-state index is 6.78. The Hall–Kier alpha value is -5.12. The number of hydrogen-bond donors (Lipinski definition) is 0. The van der Waals surface area contributed by atoms with E-state index in [1.807, 2.05) is 66.7 Å². The van der Waals surface area contributed by atoms with E-state index >= 15 is 0 Å². The summed E-state index contributed by atoms with van der Waals surface area (Å²) >= 11 is 0. The van der Waals surface area contributed by atoms with Gasteiger partial charge >= 0.3 is 0 Å². The van der Waals surface area contributed by atoms with Crippen molar-refractivity contribution in [2.45, 2.75) is 0 Å². The first-order valence-corrected chi connectivity index (χ1v) is 12.8. The lowest BCUT2D eigenvalue weighted by molar-refractivity contribution is 0.426. The monoisotopic (exact) mass is 506 g/mol. The molecule has 0 bridgehead atoms. The molecule has 7 rings (SSSR count). The van der Waals surface area contributed by atoms with E-state index in [-0.39, 0.29) is 5.48 Å².